The van der Waals surface area contributed by atoms with Gasteiger partial charge in [0.05, 0.1) is 0 Å². The van der Waals surface area contributed by atoms with E-state index in [0.29, 0.717) is 0 Å². The zero-order chi connectivity index (χ0) is 7.49. The lowest BCUT2D eigenvalue weighted by Gasteiger charge is -1.93. The topological polar surface area (TPSA) is 37.0 Å². The smallest absolute Gasteiger partial charge is 0.242 e. The van der Waals surface area contributed by atoms with E-state index < -0.39 is 18.2 Å². The highest BCUT2D eigenvalue weighted by Crippen LogP contribution is 2.15. The van der Waals surface area contributed by atoms with Crippen molar-refractivity contribution in [2.75, 3.05) is 0 Å². The second-order valence-corrected chi connectivity index (χ2v) is 1.19. The van der Waals surface area contributed by atoms with Crippen molar-refractivity contribution in [1.82, 2.24) is 0 Å². The van der Waals surface area contributed by atoms with Crippen LogP contribution >= 0.6 is 0 Å². The summed E-state index contributed by atoms with van der Waals surface area (Å²) >= 11 is 0. The van der Waals surface area contributed by atoms with Gasteiger partial charge in [-0.05, 0) is 0 Å². The minimum atomic E-state index is -4.57. The van der Waals surface area contributed by atoms with Crippen molar-refractivity contribution in [2.45, 2.75) is 6.18 Å². The maximum absolute atomic E-state index is 11.0. The fraction of sp³-hybridized carbons (Fsp3) is 0.250. The van der Waals surface area contributed by atoms with Gasteiger partial charge in [-0.25, -0.2) is 9.90 Å². The molecule has 0 heterocycles. The van der Waals surface area contributed by atoms with Gasteiger partial charge in [0, 0.05) is 12.2 Å². The summed E-state index contributed by atoms with van der Waals surface area (Å²) < 4.78 is 33.1. The molecule has 0 aliphatic carbocycles. The quantitative estimate of drug-likeness (QED) is 0.500. The number of alkyl halides is 3. The van der Waals surface area contributed by atoms with E-state index in [-0.39, 0.29) is 6.08 Å². The second-order valence-electron chi connectivity index (χ2n) is 1.19. The average Bonchev–Trinajstić information content (AvgIpc) is 1.59. The fourth-order valence-corrected chi connectivity index (χ4v) is 0.163. The van der Waals surface area contributed by atoms with Gasteiger partial charge in [-0.2, -0.15) is 13.2 Å². The molecule has 2 nitrogen and oxygen atoms in total. The van der Waals surface area contributed by atoms with Gasteiger partial charge >= 0.3 is 12.1 Å². The maximum Gasteiger partial charge on any atom is 0.410 e. The summed E-state index contributed by atoms with van der Waals surface area (Å²) in [5.74, 6) is -1.85. The zero-order valence-electron chi connectivity index (χ0n) is 4.11. The number of carbonyl (C=O) groups is 1. The summed E-state index contributed by atoms with van der Waals surface area (Å²) in [7, 11) is 0. The molecule has 9 heavy (non-hydrogen) atoms. The summed E-state index contributed by atoms with van der Waals surface area (Å²) in [5, 5.41) is 9.35. The summed E-state index contributed by atoms with van der Waals surface area (Å²) in [6, 6.07) is 0. The van der Waals surface area contributed by atoms with E-state index in [4.69, 9.17) is 0 Å². The average molecular weight is 139 g/mol. The maximum atomic E-state index is 11.0. The molecule has 0 saturated heterocycles. The van der Waals surface area contributed by atoms with Gasteiger partial charge in [-0.15, -0.1) is 0 Å². The highest BCUT2D eigenvalue weighted by atomic mass is 19.4. The number of halogens is 3. The van der Waals surface area contributed by atoms with Crippen LogP contribution in [0.15, 0.2) is 12.2 Å². The molecular weight excluding hydrogens is 137 g/mol. The molecule has 0 spiro atoms. The highest BCUT2D eigenvalue weighted by molar-refractivity contribution is 5.79. The molecule has 1 radical (unpaired) electrons. The number of allylic oxidation sites excluding steroid dienone is 1. The molecule has 0 aliphatic heterocycles. The van der Waals surface area contributed by atoms with Crippen LogP contribution in [-0.4, -0.2) is 12.1 Å². The van der Waals surface area contributed by atoms with Crippen LogP contribution in [0.4, 0.5) is 13.2 Å². The van der Waals surface area contributed by atoms with E-state index in [1.165, 1.54) is 0 Å². The lowest BCUT2D eigenvalue weighted by Crippen LogP contribution is -2.02. The first-order chi connectivity index (χ1) is 3.92. The van der Waals surface area contributed by atoms with E-state index in [0.717, 1.165) is 0 Å². The minimum Gasteiger partial charge on any atom is -0.242 e. The molecule has 5 heteroatoms. The highest BCUT2D eigenvalue weighted by Gasteiger charge is 2.22. The Balaban J connectivity index is 3.86. The standard InChI is InChI=1S/C4H2F3O2/c5-4(6,7)2-1-3(8)9/h1-2H. The summed E-state index contributed by atoms with van der Waals surface area (Å²) in [5.41, 5.74) is 0. The Kier molecular flexibility index (Phi) is 2.24. The monoisotopic (exact) mass is 139 g/mol. The van der Waals surface area contributed by atoms with Crippen molar-refractivity contribution in [3.05, 3.63) is 12.2 Å². The predicted octanol–water partition coefficient (Wildman–Crippen LogP) is 1.06. The number of hydrogen-bond donors (Lipinski definition) is 0. The SMILES string of the molecule is [O]C(=O)C=CC(F)(F)F. The molecule has 0 rings (SSSR count). The van der Waals surface area contributed by atoms with Crippen LogP contribution in [0.1, 0.15) is 0 Å². The van der Waals surface area contributed by atoms with E-state index in [1.807, 2.05) is 0 Å². The molecule has 0 unspecified atom stereocenters. The molecule has 0 atom stereocenters. The van der Waals surface area contributed by atoms with E-state index in [9.17, 15) is 23.1 Å². The molecule has 0 amide bonds. The Morgan fingerprint density at radius 2 is 1.78 bits per heavy atom. The lowest BCUT2D eigenvalue weighted by molar-refractivity contribution is -0.137. The zero-order valence-corrected chi connectivity index (χ0v) is 4.11. The van der Waals surface area contributed by atoms with Crippen molar-refractivity contribution < 1.29 is 23.1 Å². The van der Waals surface area contributed by atoms with Crippen LogP contribution in [0.3, 0.4) is 0 Å². The molecule has 0 fully saturated rings. The largest absolute Gasteiger partial charge is 0.410 e. The van der Waals surface area contributed by atoms with Gasteiger partial charge in [0.15, 0.2) is 0 Å². The van der Waals surface area contributed by atoms with Gasteiger partial charge in [0.2, 0.25) is 0 Å². The van der Waals surface area contributed by atoms with Crippen molar-refractivity contribution in [1.29, 1.82) is 0 Å². The predicted molar refractivity (Wildman–Crippen MR) is 20.9 cm³/mol. The summed E-state index contributed by atoms with van der Waals surface area (Å²) in [6.07, 6.45) is -5.04. The Morgan fingerprint density at radius 1 is 1.33 bits per heavy atom. The summed E-state index contributed by atoms with van der Waals surface area (Å²) in [4.78, 5) is 9.35. The van der Waals surface area contributed by atoms with Crippen LogP contribution in [0.25, 0.3) is 0 Å². The number of carbonyl (C=O) groups excluding carboxylic acids is 1. The first-order valence-electron chi connectivity index (χ1n) is 1.89. The molecule has 0 aromatic rings. The minimum absolute atomic E-state index is 0.0694. The first kappa shape index (κ1) is 8.00. The van der Waals surface area contributed by atoms with Crippen molar-refractivity contribution >= 4 is 5.97 Å². The van der Waals surface area contributed by atoms with Gasteiger partial charge in [-0.1, -0.05) is 0 Å². The number of rotatable bonds is 1. The van der Waals surface area contributed by atoms with E-state index in [2.05, 4.69) is 0 Å². The molecule has 51 valence electrons. The van der Waals surface area contributed by atoms with E-state index in [1.54, 1.807) is 0 Å². The van der Waals surface area contributed by atoms with Crippen LogP contribution in [0, 0.1) is 0 Å². The second kappa shape index (κ2) is 2.52. The van der Waals surface area contributed by atoms with Crippen LogP contribution in [0.5, 0.6) is 0 Å². The van der Waals surface area contributed by atoms with Crippen LogP contribution in [0.2, 0.25) is 0 Å². The first-order valence-corrected chi connectivity index (χ1v) is 1.89. The fourth-order valence-electron chi connectivity index (χ4n) is 0.163. The molecule has 0 N–H and O–H groups in total. The van der Waals surface area contributed by atoms with Crippen LogP contribution < -0.4 is 0 Å². The molecule has 0 bridgehead atoms. The van der Waals surface area contributed by atoms with Gasteiger partial charge < -0.3 is 0 Å². The third-order valence-electron chi connectivity index (χ3n) is 0.408. The molecular formula is C4H2F3O2. The Morgan fingerprint density at radius 3 is 1.89 bits per heavy atom. The molecule has 0 aromatic heterocycles. The van der Waals surface area contributed by atoms with Gasteiger partial charge in [0.25, 0.3) is 0 Å². The third kappa shape index (κ3) is 7.00. The summed E-state index contributed by atoms with van der Waals surface area (Å²) in [6.45, 7) is 0. The number of hydrogen-bond acceptors (Lipinski definition) is 1. The lowest BCUT2D eigenvalue weighted by atomic mass is 10.5. The molecule has 0 aliphatic rings. The Labute approximate surface area is 48.6 Å². The van der Waals surface area contributed by atoms with E-state index >= 15 is 0 Å². The Hall–Kier alpha value is -1.00. The molecule has 0 saturated carbocycles. The normalized spacial score (nSPS) is 12.3. The van der Waals surface area contributed by atoms with Crippen molar-refractivity contribution in [3.63, 3.8) is 0 Å². The Bertz CT molecular complexity index is 135. The van der Waals surface area contributed by atoms with Gasteiger partial charge in [-0.3, -0.25) is 0 Å². The third-order valence-corrected chi connectivity index (χ3v) is 0.408. The van der Waals surface area contributed by atoms with Crippen LogP contribution in [-0.2, 0) is 9.90 Å². The van der Waals surface area contributed by atoms with Crippen molar-refractivity contribution in [3.8, 4) is 0 Å². The van der Waals surface area contributed by atoms with Crippen molar-refractivity contribution in [2.24, 2.45) is 0 Å². The van der Waals surface area contributed by atoms with Gasteiger partial charge in [0.1, 0.15) is 0 Å². The molecule has 0 aromatic carbocycles.